The van der Waals surface area contributed by atoms with Gasteiger partial charge in [0.1, 0.15) is 21.2 Å². The Morgan fingerprint density at radius 3 is 2.38 bits per heavy atom. The van der Waals surface area contributed by atoms with Crippen LogP contribution in [0.4, 0.5) is 5.00 Å². The van der Waals surface area contributed by atoms with Crippen LogP contribution >= 0.6 is 34.4 Å². The van der Waals surface area contributed by atoms with Crippen LogP contribution in [0.25, 0.3) is 31.8 Å². The number of carbonyl (C=O) groups excluding carboxylic acids is 2. The van der Waals surface area contributed by atoms with E-state index in [-0.39, 0.29) is 18.3 Å². The van der Waals surface area contributed by atoms with Crippen LogP contribution in [0.1, 0.15) is 22.2 Å². The molecule has 3 heterocycles. The number of rotatable bonds is 8. The van der Waals surface area contributed by atoms with Gasteiger partial charge in [-0.15, -0.1) is 22.7 Å². The molecule has 186 valence electrons. The van der Waals surface area contributed by atoms with Gasteiger partial charge < -0.3 is 10.1 Å². The zero-order chi connectivity index (χ0) is 25.8. The average molecular weight is 546 g/mol. The molecule has 3 aromatic heterocycles. The number of fused-ring (bicyclic) bond motifs is 1. The minimum absolute atomic E-state index is 0.135. The molecule has 0 aliphatic rings. The Morgan fingerprint density at radius 1 is 0.973 bits per heavy atom. The fourth-order valence-electron chi connectivity index (χ4n) is 3.97. The first-order valence-corrected chi connectivity index (χ1v) is 14.3. The summed E-state index contributed by atoms with van der Waals surface area (Å²) in [6.07, 6.45) is 1.54. The monoisotopic (exact) mass is 545 g/mol. The van der Waals surface area contributed by atoms with Crippen LogP contribution in [0, 0.1) is 6.92 Å². The highest BCUT2D eigenvalue weighted by Crippen LogP contribution is 2.41. The zero-order valence-electron chi connectivity index (χ0n) is 20.2. The van der Waals surface area contributed by atoms with Crippen LogP contribution in [0.15, 0.2) is 78.1 Å². The van der Waals surface area contributed by atoms with E-state index in [2.05, 4.69) is 34.3 Å². The summed E-state index contributed by atoms with van der Waals surface area (Å²) >= 11 is 4.34. The van der Waals surface area contributed by atoms with E-state index in [9.17, 15) is 9.59 Å². The van der Waals surface area contributed by atoms with Crippen LogP contribution in [0.2, 0.25) is 0 Å². The Bertz CT molecular complexity index is 1560. The first-order valence-electron chi connectivity index (χ1n) is 11.6. The highest BCUT2D eigenvalue weighted by Gasteiger charge is 2.21. The fourth-order valence-corrected chi connectivity index (χ4v) is 6.91. The quantitative estimate of drug-likeness (QED) is 0.125. The topological polar surface area (TPSA) is 81.2 Å². The standard InChI is InChI=1S/C28H23N3O3S3/c1-3-34-28(33)20-14-21(18-10-6-4-7-11-18)37-25(20)31-22(32)15-35-26-24-23(19-12-8-5-9-13-19)17(2)36-27(24)30-16-29-26/h4-14,16H,3,15H2,1-2H3,(H,31,32). The predicted molar refractivity (Wildman–Crippen MR) is 153 cm³/mol. The number of hydrogen-bond acceptors (Lipinski definition) is 8. The second-order valence-corrected chi connectivity index (χ2v) is 11.3. The van der Waals surface area contributed by atoms with Crippen molar-refractivity contribution in [1.82, 2.24) is 9.97 Å². The van der Waals surface area contributed by atoms with E-state index < -0.39 is 5.97 Å². The summed E-state index contributed by atoms with van der Waals surface area (Å²) in [7, 11) is 0. The molecular weight excluding hydrogens is 523 g/mol. The summed E-state index contributed by atoms with van der Waals surface area (Å²) in [5, 5.41) is 5.12. The Balaban J connectivity index is 1.39. The van der Waals surface area contributed by atoms with Crippen molar-refractivity contribution in [2.24, 2.45) is 0 Å². The van der Waals surface area contributed by atoms with Crippen molar-refractivity contribution in [3.8, 4) is 21.6 Å². The molecule has 0 atom stereocenters. The number of esters is 1. The average Bonchev–Trinajstić information content (AvgIpc) is 3.49. The van der Waals surface area contributed by atoms with Crippen molar-refractivity contribution in [3.05, 3.63) is 83.5 Å². The number of carbonyl (C=O) groups is 2. The van der Waals surface area contributed by atoms with Gasteiger partial charge in [-0.3, -0.25) is 4.79 Å². The van der Waals surface area contributed by atoms with Gasteiger partial charge in [0.2, 0.25) is 5.91 Å². The second-order valence-electron chi connectivity index (χ2n) is 8.04. The number of thioether (sulfide) groups is 1. The molecule has 0 spiro atoms. The van der Waals surface area contributed by atoms with Crippen molar-refractivity contribution in [2.75, 3.05) is 17.7 Å². The number of hydrogen-bond donors (Lipinski definition) is 1. The predicted octanol–water partition coefficient (Wildman–Crippen LogP) is 7.30. The van der Waals surface area contributed by atoms with E-state index in [1.165, 1.54) is 29.4 Å². The van der Waals surface area contributed by atoms with Crippen molar-refractivity contribution in [1.29, 1.82) is 0 Å². The molecule has 0 saturated carbocycles. The molecule has 1 amide bonds. The van der Waals surface area contributed by atoms with Gasteiger partial charge in [-0.05, 0) is 31.0 Å². The smallest absolute Gasteiger partial charge is 0.341 e. The Morgan fingerprint density at radius 2 is 1.68 bits per heavy atom. The summed E-state index contributed by atoms with van der Waals surface area (Å²) in [6.45, 7) is 4.09. The lowest BCUT2D eigenvalue weighted by Gasteiger charge is -2.08. The number of aromatic nitrogens is 2. The SMILES string of the molecule is CCOC(=O)c1cc(-c2ccccc2)sc1NC(=O)CSc1ncnc2sc(C)c(-c3ccccc3)c12. The van der Waals surface area contributed by atoms with Crippen LogP contribution in [0.3, 0.4) is 0 Å². The molecule has 37 heavy (non-hydrogen) atoms. The molecule has 5 aromatic rings. The molecule has 1 N–H and O–H groups in total. The summed E-state index contributed by atoms with van der Waals surface area (Å²) in [4.78, 5) is 37.5. The molecule has 0 fully saturated rings. The Kier molecular flexibility index (Phi) is 7.64. The van der Waals surface area contributed by atoms with E-state index in [4.69, 9.17) is 4.74 Å². The summed E-state index contributed by atoms with van der Waals surface area (Å²) < 4.78 is 5.23. The lowest BCUT2D eigenvalue weighted by molar-refractivity contribution is -0.113. The number of aryl methyl sites for hydroxylation is 1. The molecule has 0 bridgehead atoms. The molecule has 6 nitrogen and oxygen atoms in total. The first-order chi connectivity index (χ1) is 18.0. The molecule has 0 unspecified atom stereocenters. The van der Waals surface area contributed by atoms with E-state index >= 15 is 0 Å². The van der Waals surface area contributed by atoms with Gasteiger partial charge in [0, 0.05) is 15.3 Å². The minimum atomic E-state index is -0.456. The van der Waals surface area contributed by atoms with Crippen molar-refractivity contribution in [3.63, 3.8) is 0 Å². The highest BCUT2D eigenvalue weighted by molar-refractivity contribution is 8.00. The maximum Gasteiger partial charge on any atom is 0.341 e. The molecule has 0 radical (unpaired) electrons. The molecule has 2 aromatic carbocycles. The fraction of sp³-hybridized carbons (Fsp3) is 0.143. The number of ether oxygens (including phenoxy) is 1. The van der Waals surface area contributed by atoms with Crippen LogP contribution in [0.5, 0.6) is 0 Å². The summed E-state index contributed by atoms with van der Waals surface area (Å²) in [6, 6.07) is 21.7. The number of amides is 1. The zero-order valence-corrected chi connectivity index (χ0v) is 22.6. The number of thiophene rings is 2. The maximum absolute atomic E-state index is 13.0. The minimum Gasteiger partial charge on any atom is -0.462 e. The Hall–Kier alpha value is -3.53. The third-order valence-corrected chi connectivity index (χ3v) is 8.67. The Labute approximate surface area is 226 Å². The number of benzene rings is 2. The molecule has 0 aliphatic heterocycles. The van der Waals surface area contributed by atoms with Crippen LogP contribution in [-0.4, -0.2) is 34.2 Å². The van der Waals surface area contributed by atoms with Gasteiger partial charge in [-0.25, -0.2) is 14.8 Å². The van der Waals surface area contributed by atoms with E-state index in [0.717, 1.165) is 41.7 Å². The number of anilines is 1. The van der Waals surface area contributed by atoms with Crippen molar-refractivity contribution in [2.45, 2.75) is 18.9 Å². The first kappa shape index (κ1) is 25.1. The lowest BCUT2D eigenvalue weighted by Crippen LogP contribution is -2.16. The van der Waals surface area contributed by atoms with E-state index in [0.29, 0.717) is 10.6 Å². The van der Waals surface area contributed by atoms with Gasteiger partial charge in [-0.1, -0.05) is 72.4 Å². The normalized spacial score (nSPS) is 11.0. The number of nitrogens with one attached hydrogen (secondary N) is 1. The largest absolute Gasteiger partial charge is 0.462 e. The van der Waals surface area contributed by atoms with Crippen molar-refractivity contribution >= 4 is 61.5 Å². The molecule has 9 heteroatoms. The second kappa shape index (κ2) is 11.2. The van der Waals surface area contributed by atoms with Gasteiger partial charge in [-0.2, -0.15) is 0 Å². The molecule has 5 rings (SSSR count). The third-order valence-electron chi connectivity index (χ3n) is 5.57. The van der Waals surface area contributed by atoms with Gasteiger partial charge >= 0.3 is 5.97 Å². The van der Waals surface area contributed by atoms with Crippen LogP contribution in [-0.2, 0) is 9.53 Å². The van der Waals surface area contributed by atoms with E-state index in [1.54, 1.807) is 24.3 Å². The molecular formula is C28H23N3O3S3. The van der Waals surface area contributed by atoms with Crippen molar-refractivity contribution < 1.29 is 14.3 Å². The number of nitrogens with zero attached hydrogens (tertiary/aromatic N) is 2. The van der Waals surface area contributed by atoms with Crippen LogP contribution < -0.4 is 5.32 Å². The van der Waals surface area contributed by atoms with Gasteiger partial charge in [0.05, 0.1) is 23.3 Å². The van der Waals surface area contributed by atoms with Gasteiger partial charge in [0.15, 0.2) is 0 Å². The van der Waals surface area contributed by atoms with E-state index in [1.807, 2.05) is 48.5 Å². The maximum atomic E-state index is 13.0. The highest BCUT2D eigenvalue weighted by atomic mass is 32.2. The van der Waals surface area contributed by atoms with Gasteiger partial charge in [0.25, 0.3) is 0 Å². The third kappa shape index (κ3) is 5.44. The summed E-state index contributed by atoms with van der Waals surface area (Å²) in [5.41, 5.74) is 3.52. The molecule has 0 aliphatic carbocycles. The lowest BCUT2D eigenvalue weighted by atomic mass is 10.0. The molecule has 0 saturated heterocycles. The summed E-state index contributed by atoms with van der Waals surface area (Å²) in [5.74, 6) is -0.546.